The van der Waals surface area contributed by atoms with Crippen molar-refractivity contribution in [3.8, 4) is 23.0 Å². The number of hydrogen-bond donors (Lipinski definition) is 0. The summed E-state index contributed by atoms with van der Waals surface area (Å²) >= 11 is 0. The molecule has 2 aromatic rings. The van der Waals surface area contributed by atoms with E-state index in [-0.39, 0.29) is 23.9 Å². The Hall–Kier alpha value is -3.41. The Balaban J connectivity index is 1.53. The second-order valence-electron chi connectivity index (χ2n) is 10.4. The van der Waals surface area contributed by atoms with Gasteiger partial charge in [-0.2, -0.15) is 0 Å². The Bertz CT molecular complexity index is 1290. The molecule has 0 bridgehead atoms. The van der Waals surface area contributed by atoms with Gasteiger partial charge in [0.05, 0.1) is 13.7 Å². The Kier molecular flexibility index (Phi) is 5.09. The van der Waals surface area contributed by atoms with Crippen LogP contribution in [-0.4, -0.2) is 37.7 Å². The van der Waals surface area contributed by atoms with Gasteiger partial charge in [-0.15, -0.1) is 0 Å². The molecule has 0 N–H and O–H groups in total. The lowest BCUT2D eigenvalue weighted by molar-refractivity contribution is -0.118. The van der Waals surface area contributed by atoms with E-state index in [1.165, 1.54) is 5.56 Å². The van der Waals surface area contributed by atoms with Gasteiger partial charge in [0.2, 0.25) is 6.79 Å². The van der Waals surface area contributed by atoms with Gasteiger partial charge in [-0.1, -0.05) is 19.9 Å². The van der Waals surface area contributed by atoms with Gasteiger partial charge in [-0.05, 0) is 66.6 Å². The molecule has 0 saturated carbocycles. The molecule has 1 unspecified atom stereocenters. The minimum absolute atomic E-state index is 0.0748. The number of fused-ring (bicyclic) bond motifs is 5. The first-order valence-corrected chi connectivity index (χ1v) is 12.4. The SMILES string of the molecule is CCOc1ccc(C2C=C3c4cc5c(cc4CCN3C3=C2C(=O)CC(C)(C)C3)OCO5)cc1OC. The second kappa shape index (κ2) is 8.08. The molecule has 0 aromatic heterocycles. The number of ether oxygens (including phenoxy) is 4. The number of methoxy groups -OCH3 is 1. The molecule has 0 fully saturated rings. The smallest absolute Gasteiger partial charge is 0.231 e. The highest BCUT2D eigenvalue weighted by Gasteiger charge is 2.43. The molecule has 6 nitrogen and oxygen atoms in total. The van der Waals surface area contributed by atoms with E-state index in [4.69, 9.17) is 18.9 Å². The molecule has 182 valence electrons. The Morgan fingerprint density at radius 1 is 1.09 bits per heavy atom. The van der Waals surface area contributed by atoms with Crippen LogP contribution in [0.3, 0.4) is 0 Å². The summed E-state index contributed by atoms with van der Waals surface area (Å²) in [4.78, 5) is 16.0. The van der Waals surface area contributed by atoms with Crippen LogP contribution in [0.2, 0.25) is 0 Å². The van der Waals surface area contributed by atoms with Gasteiger partial charge in [-0.3, -0.25) is 4.79 Å². The van der Waals surface area contributed by atoms with Gasteiger partial charge in [0.1, 0.15) is 0 Å². The Labute approximate surface area is 206 Å². The summed E-state index contributed by atoms with van der Waals surface area (Å²) in [6.07, 6.45) is 4.58. The van der Waals surface area contributed by atoms with Crippen LogP contribution in [0, 0.1) is 5.41 Å². The molecule has 0 amide bonds. The number of nitrogens with zero attached hydrogens (tertiary/aromatic N) is 1. The van der Waals surface area contributed by atoms with Crippen LogP contribution < -0.4 is 18.9 Å². The number of rotatable bonds is 4. The van der Waals surface area contributed by atoms with Gasteiger partial charge < -0.3 is 23.8 Å². The zero-order valence-electron chi connectivity index (χ0n) is 20.8. The van der Waals surface area contributed by atoms with Crippen molar-refractivity contribution < 1.29 is 23.7 Å². The van der Waals surface area contributed by atoms with Crippen LogP contribution in [0.25, 0.3) is 5.70 Å². The predicted octanol–water partition coefficient (Wildman–Crippen LogP) is 5.46. The molecule has 0 radical (unpaired) electrons. The summed E-state index contributed by atoms with van der Waals surface area (Å²) in [5.74, 6) is 3.08. The van der Waals surface area contributed by atoms with Crippen molar-refractivity contribution in [3.63, 3.8) is 0 Å². The van der Waals surface area contributed by atoms with Crippen LogP contribution in [-0.2, 0) is 11.2 Å². The molecular weight excluding hydrogens is 442 g/mol. The Morgan fingerprint density at radius 3 is 2.66 bits per heavy atom. The number of Topliss-reactive ketones (excluding diaryl/α,β-unsaturated/α-hetero) is 1. The molecule has 35 heavy (non-hydrogen) atoms. The number of carbonyl (C=O) groups excluding carboxylic acids is 1. The first-order chi connectivity index (χ1) is 16.9. The van der Waals surface area contributed by atoms with Crippen LogP contribution >= 0.6 is 0 Å². The van der Waals surface area contributed by atoms with Crippen molar-refractivity contribution in [2.45, 2.75) is 46.0 Å². The third-order valence-electron chi connectivity index (χ3n) is 7.47. The van der Waals surface area contributed by atoms with Gasteiger partial charge in [-0.25, -0.2) is 0 Å². The first kappa shape index (κ1) is 22.1. The molecule has 6 heteroatoms. The quantitative estimate of drug-likeness (QED) is 0.588. The van der Waals surface area contributed by atoms with E-state index >= 15 is 0 Å². The van der Waals surface area contributed by atoms with Crippen LogP contribution in [0.15, 0.2) is 47.7 Å². The molecule has 3 aliphatic heterocycles. The van der Waals surface area contributed by atoms with Crippen molar-refractivity contribution in [3.05, 3.63) is 64.4 Å². The van der Waals surface area contributed by atoms with Crippen LogP contribution in [0.1, 0.15) is 56.2 Å². The fourth-order valence-electron chi connectivity index (χ4n) is 5.94. The zero-order chi connectivity index (χ0) is 24.3. The number of benzene rings is 2. The Morgan fingerprint density at radius 2 is 1.89 bits per heavy atom. The summed E-state index contributed by atoms with van der Waals surface area (Å²) in [6.45, 7) is 8.01. The predicted molar refractivity (Wildman–Crippen MR) is 133 cm³/mol. The van der Waals surface area contributed by atoms with Crippen molar-refractivity contribution in [2.75, 3.05) is 27.1 Å². The molecule has 0 saturated heterocycles. The first-order valence-electron chi connectivity index (χ1n) is 12.4. The van der Waals surface area contributed by atoms with Gasteiger partial charge in [0, 0.05) is 41.4 Å². The largest absolute Gasteiger partial charge is 0.493 e. The normalized spacial score (nSPS) is 21.7. The van der Waals surface area contributed by atoms with Gasteiger partial charge in [0.25, 0.3) is 0 Å². The summed E-state index contributed by atoms with van der Waals surface area (Å²) in [5, 5.41) is 0. The fraction of sp³-hybridized carbons (Fsp3) is 0.414. The lowest BCUT2D eigenvalue weighted by atomic mass is 9.69. The minimum Gasteiger partial charge on any atom is -0.493 e. The van der Waals surface area contributed by atoms with Gasteiger partial charge >= 0.3 is 0 Å². The van der Waals surface area contributed by atoms with Crippen molar-refractivity contribution in [2.24, 2.45) is 5.41 Å². The van der Waals surface area contributed by atoms with Crippen molar-refractivity contribution in [1.82, 2.24) is 4.90 Å². The number of carbonyl (C=O) groups is 1. The number of ketones is 1. The van der Waals surface area contributed by atoms with Crippen LogP contribution in [0.4, 0.5) is 0 Å². The molecule has 1 atom stereocenters. The molecule has 4 aliphatic rings. The fourth-order valence-corrected chi connectivity index (χ4v) is 5.94. The maximum Gasteiger partial charge on any atom is 0.231 e. The number of allylic oxidation sites excluding steroid dienone is 3. The molecule has 3 heterocycles. The van der Waals surface area contributed by atoms with E-state index in [2.05, 4.69) is 43.0 Å². The molecular formula is C29H31NO5. The molecule has 0 spiro atoms. The van der Waals surface area contributed by atoms with E-state index in [1.54, 1.807) is 7.11 Å². The van der Waals surface area contributed by atoms with Crippen molar-refractivity contribution >= 4 is 11.5 Å². The van der Waals surface area contributed by atoms with E-state index < -0.39 is 0 Å². The standard InChI is InChI=1S/C29H31NO5/c1-5-33-24-7-6-17(10-25(24)32-4)20-12-21-19-13-27-26(34-16-35-27)11-18(19)8-9-30(21)22-14-29(2,3)15-23(31)28(20)22/h6-7,10-13,20H,5,8-9,14-16H2,1-4H3. The van der Waals surface area contributed by atoms with E-state index in [1.807, 2.05) is 19.1 Å². The minimum atomic E-state index is -0.152. The maximum absolute atomic E-state index is 13.6. The number of hydrogen-bond acceptors (Lipinski definition) is 6. The maximum atomic E-state index is 13.6. The lowest BCUT2D eigenvalue weighted by Gasteiger charge is -2.46. The molecule has 1 aliphatic carbocycles. The third kappa shape index (κ3) is 3.58. The third-order valence-corrected chi connectivity index (χ3v) is 7.47. The van der Waals surface area contributed by atoms with Crippen LogP contribution in [0.5, 0.6) is 23.0 Å². The highest BCUT2D eigenvalue weighted by Crippen LogP contribution is 2.52. The summed E-state index contributed by atoms with van der Waals surface area (Å²) in [6, 6.07) is 10.2. The molecule has 6 rings (SSSR count). The zero-order valence-corrected chi connectivity index (χ0v) is 20.8. The summed E-state index contributed by atoms with van der Waals surface area (Å²) in [7, 11) is 1.65. The van der Waals surface area contributed by atoms with Crippen molar-refractivity contribution in [1.29, 1.82) is 0 Å². The average Bonchev–Trinajstić information content (AvgIpc) is 3.29. The average molecular weight is 474 g/mol. The monoisotopic (exact) mass is 473 g/mol. The van der Waals surface area contributed by atoms with E-state index in [0.717, 1.165) is 59.0 Å². The van der Waals surface area contributed by atoms with Gasteiger partial charge in [0.15, 0.2) is 28.8 Å². The lowest BCUT2D eigenvalue weighted by Crippen LogP contribution is -2.40. The summed E-state index contributed by atoms with van der Waals surface area (Å²) < 4.78 is 22.8. The second-order valence-corrected chi connectivity index (χ2v) is 10.4. The topological polar surface area (TPSA) is 57.2 Å². The molecule has 2 aromatic carbocycles. The van der Waals surface area contributed by atoms with E-state index in [9.17, 15) is 4.79 Å². The highest BCUT2D eigenvalue weighted by atomic mass is 16.7. The summed E-state index contributed by atoms with van der Waals surface area (Å²) in [5.41, 5.74) is 6.59. The van der Waals surface area contributed by atoms with E-state index in [0.29, 0.717) is 24.5 Å². The highest BCUT2D eigenvalue weighted by molar-refractivity contribution is 6.01.